The molecule has 0 amide bonds. The number of unbranched alkanes of at least 4 members (excludes halogenated alkanes) is 2. The predicted molar refractivity (Wildman–Crippen MR) is 102 cm³/mol. The van der Waals surface area contributed by atoms with Gasteiger partial charge in [-0.05, 0) is 29.9 Å². The Bertz CT molecular complexity index is 408. The van der Waals surface area contributed by atoms with Crippen LogP contribution in [0.1, 0.15) is 91.2 Å². The Labute approximate surface area is 144 Å². The normalized spacial score (nSPS) is 10.0. The standard InChI is InChI=1S/C15H24.C3H6O2.C3H8/c1-5-6-9-12-15(3,4)14-11-8-7-10-13(14)2;1-2-3(4)5;1-3-2/h7-8,10-11H,5-6,9,12H2,1-4H3;2H2,1H3,(H,4,5);3H2,1-2H3. The monoisotopic (exact) mass is 322 g/mol. The van der Waals surface area contributed by atoms with E-state index in [0.717, 1.165) is 0 Å². The smallest absolute Gasteiger partial charge is 0.303 e. The van der Waals surface area contributed by atoms with Crippen LogP contribution >= 0.6 is 0 Å². The van der Waals surface area contributed by atoms with Gasteiger partial charge in [0.05, 0.1) is 0 Å². The molecule has 0 aromatic heterocycles. The molecule has 0 aliphatic carbocycles. The lowest BCUT2D eigenvalue weighted by atomic mass is 9.78. The van der Waals surface area contributed by atoms with Crippen LogP contribution in [0.25, 0.3) is 0 Å². The highest BCUT2D eigenvalue weighted by atomic mass is 16.4. The maximum atomic E-state index is 9.37. The van der Waals surface area contributed by atoms with Gasteiger partial charge < -0.3 is 5.11 Å². The van der Waals surface area contributed by atoms with E-state index in [9.17, 15) is 4.79 Å². The molecule has 0 aliphatic heterocycles. The molecule has 134 valence electrons. The fourth-order valence-electron chi connectivity index (χ4n) is 2.28. The van der Waals surface area contributed by atoms with Gasteiger partial charge in [-0.25, -0.2) is 0 Å². The maximum absolute atomic E-state index is 9.37. The van der Waals surface area contributed by atoms with Crippen molar-refractivity contribution >= 4 is 5.97 Å². The molecule has 1 aromatic carbocycles. The molecule has 1 rings (SSSR count). The lowest BCUT2D eigenvalue weighted by molar-refractivity contribution is -0.136. The Morgan fingerprint density at radius 3 is 1.91 bits per heavy atom. The van der Waals surface area contributed by atoms with E-state index in [1.54, 1.807) is 6.92 Å². The average Bonchev–Trinajstić information content (AvgIpc) is 2.49. The van der Waals surface area contributed by atoms with Gasteiger partial charge in [0.2, 0.25) is 0 Å². The van der Waals surface area contributed by atoms with Gasteiger partial charge in [0, 0.05) is 6.42 Å². The van der Waals surface area contributed by atoms with Crippen LogP contribution in [-0.2, 0) is 10.2 Å². The molecule has 0 fully saturated rings. The van der Waals surface area contributed by atoms with E-state index in [0.29, 0.717) is 5.41 Å². The summed E-state index contributed by atoms with van der Waals surface area (Å²) in [7, 11) is 0. The minimum Gasteiger partial charge on any atom is -0.481 e. The molecule has 1 aromatic rings. The minimum absolute atomic E-state index is 0.222. The molecule has 0 radical (unpaired) electrons. The van der Waals surface area contributed by atoms with Crippen molar-refractivity contribution < 1.29 is 9.90 Å². The molecule has 0 heterocycles. The molecule has 2 heteroatoms. The number of carboxylic acids is 1. The zero-order valence-corrected chi connectivity index (χ0v) is 16.4. The summed E-state index contributed by atoms with van der Waals surface area (Å²) in [5.74, 6) is -0.745. The molecule has 0 unspecified atom stereocenters. The second-order valence-electron chi connectivity index (χ2n) is 6.61. The summed E-state index contributed by atoms with van der Waals surface area (Å²) in [6.45, 7) is 15.1. The van der Waals surface area contributed by atoms with Crippen LogP contribution in [0.15, 0.2) is 24.3 Å². The Morgan fingerprint density at radius 2 is 1.52 bits per heavy atom. The number of benzene rings is 1. The first-order chi connectivity index (χ1) is 10.8. The van der Waals surface area contributed by atoms with Crippen molar-refractivity contribution in [3.8, 4) is 0 Å². The minimum atomic E-state index is -0.745. The topological polar surface area (TPSA) is 37.3 Å². The lowest BCUT2D eigenvalue weighted by Crippen LogP contribution is -2.18. The van der Waals surface area contributed by atoms with Crippen molar-refractivity contribution in [2.75, 3.05) is 0 Å². The van der Waals surface area contributed by atoms with Crippen LogP contribution in [0, 0.1) is 6.92 Å². The molecule has 0 aliphatic rings. The predicted octanol–water partition coefficient (Wildman–Crippen LogP) is 6.75. The largest absolute Gasteiger partial charge is 0.481 e. The summed E-state index contributed by atoms with van der Waals surface area (Å²) in [5.41, 5.74) is 3.28. The highest BCUT2D eigenvalue weighted by Crippen LogP contribution is 2.31. The highest BCUT2D eigenvalue weighted by molar-refractivity contribution is 5.66. The van der Waals surface area contributed by atoms with E-state index in [2.05, 4.69) is 65.8 Å². The van der Waals surface area contributed by atoms with E-state index in [-0.39, 0.29) is 6.42 Å². The number of carbonyl (C=O) groups is 1. The van der Waals surface area contributed by atoms with Crippen LogP contribution in [-0.4, -0.2) is 11.1 Å². The lowest BCUT2D eigenvalue weighted by Gasteiger charge is -2.27. The zero-order chi connectivity index (χ0) is 18.3. The molecule has 2 nitrogen and oxygen atoms in total. The van der Waals surface area contributed by atoms with E-state index >= 15 is 0 Å². The van der Waals surface area contributed by atoms with Gasteiger partial charge in [-0.1, -0.05) is 91.5 Å². The first-order valence-corrected chi connectivity index (χ1v) is 9.04. The number of hydrogen-bond acceptors (Lipinski definition) is 1. The summed E-state index contributed by atoms with van der Waals surface area (Å²) in [6, 6.07) is 8.78. The van der Waals surface area contributed by atoms with Crippen LogP contribution in [0.2, 0.25) is 0 Å². The molecular formula is C21H38O2. The van der Waals surface area contributed by atoms with Crippen LogP contribution in [0.5, 0.6) is 0 Å². The molecule has 0 saturated heterocycles. The second-order valence-corrected chi connectivity index (χ2v) is 6.61. The number of aryl methyl sites for hydroxylation is 1. The number of rotatable bonds is 6. The van der Waals surface area contributed by atoms with Crippen LogP contribution in [0.4, 0.5) is 0 Å². The van der Waals surface area contributed by atoms with Crippen LogP contribution in [0.3, 0.4) is 0 Å². The van der Waals surface area contributed by atoms with Crippen molar-refractivity contribution in [2.45, 2.75) is 92.4 Å². The summed E-state index contributed by atoms with van der Waals surface area (Å²) < 4.78 is 0. The zero-order valence-electron chi connectivity index (χ0n) is 16.4. The molecular weight excluding hydrogens is 284 g/mol. The Hall–Kier alpha value is -1.31. The summed E-state index contributed by atoms with van der Waals surface area (Å²) in [4.78, 5) is 9.37. The third kappa shape index (κ3) is 12.9. The van der Waals surface area contributed by atoms with Gasteiger partial charge in [0.15, 0.2) is 0 Å². The Kier molecular flexibility index (Phi) is 14.9. The van der Waals surface area contributed by atoms with Gasteiger partial charge in [0.25, 0.3) is 0 Å². The van der Waals surface area contributed by atoms with Crippen molar-refractivity contribution in [1.82, 2.24) is 0 Å². The van der Waals surface area contributed by atoms with Gasteiger partial charge >= 0.3 is 5.97 Å². The molecule has 1 N–H and O–H groups in total. The third-order valence-electron chi connectivity index (χ3n) is 3.58. The quantitative estimate of drug-likeness (QED) is 0.588. The molecule has 23 heavy (non-hydrogen) atoms. The van der Waals surface area contributed by atoms with Crippen molar-refractivity contribution in [3.63, 3.8) is 0 Å². The van der Waals surface area contributed by atoms with Crippen molar-refractivity contribution in [3.05, 3.63) is 35.4 Å². The second kappa shape index (κ2) is 14.3. The van der Waals surface area contributed by atoms with Gasteiger partial charge in [-0.3, -0.25) is 4.79 Å². The third-order valence-corrected chi connectivity index (χ3v) is 3.58. The van der Waals surface area contributed by atoms with Gasteiger partial charge in [-0.15, -0.1) is 0 Å². The molecule has 0 atom stereocenters. The SMILES string of the molecule is CCC.CCC(=O)O.CCCCCC(C)(C)c1ccccc1C. The molecule has 0 bridgehead atoms. The maximum Gasteiger partial charge on any atom is 0.303 e. The summed E-state index contributed by atoms with van der Waals surface area (Å²) >= 11 is 0. The number of hydrogen-bond donors (Lipinski definition) is 1. The Balaban J connectivity index is 0. The Morgan fingerprint density at radius 1 is 1.04 bits per heavy atom. The summed E-state index contributed by atoms with van der Waals surface area (Å²) in [5, 5.41) is 7.72. The summed E-state index contributed by atoms with van der Waals surface area (Å²) in [6.07, 6.45) is 6.78. The average molecular weight is 323 g/mol. The van der Waals surface area contributed by atoms with Gasteiger partial charge in [-0.2, -0.15) is 0 Å². The molecule has 0 spiro atoms. The first-order valence-electron chi connectivity index (χ1n) is 9.04. The fourth-order valence-corrected chi connectivity index (χ4v) is 2.28. The van der Waals surface area contributed by atoms with E-state index < -0.39 is 5.97 Å². The van der Waals surface area contributed by atoms with E-state index in [1.807, 2.05) is 0 Å². The number of aliphatic carboxylic acids is 1. The van der Waals surface area contributed by atoms with E-state index in [4.69, 9.17) is 5.11 Å². The number of carboxylic acid groups (broad SMARTS) is 1. The van der Waals surface area contributed by atoms with Crippen LogP contribution < -0.4 is 0 Å². The van der Waals surface area contributed by atoms with Gasteiger partial charge in [0.1, 0.15) is 0 Å². The van der Waals surface area contributed by atoms with Crippen molar-refractivity contribution in [2.24, 2.45) is 0 Å². The highest BCUT2D eigenvalue weighted by Gasteiger charge is 2.21. The first kappa shape index (κ1) is 23.9. The molecule has 0 saturated carbocycles. The fraction of sp³-hybridized carbons (Fsp3) is 0.667. The van der Waals surface area contributed by atoms with Crippen molar-refractivity contribution in [1.29, 1.82) is 0 Å². The van der Waals surface area contributed by atoms with E-state index in [1.165, 1.54) is 43.2 Å².